The van der Waals surface area contributed by atoms with Crippen LogP contribution in [0.4, 0.5) is 0 Å². The number of hydrogen-bond acceptors (Lipinski definition) is 0. The van der Waals surface area contributed by atoms with E-state index < -0.39 is 0 Å². The van der Waals surface area contributed by atoms with Crippen LogP contribution in [0.1, 0.15) is 53.4 Å². The molecule has 0 saturated heterocycles. The zero-order valence-electron chi connectivity index (χ0n) is 10.7. The second kappa shape index (κ2) is 3.50. The molecule has 15 heavy (non-hydrogen) atoms. The van der Waals surface area contributed by atoms with Crippen molar-refractivity contribution in [3.63, 3.8) is 0 Å². The summed E-state index contributed by atoms with van der Waals surface area (Å²) in [5.41, 5.74) is 5.43. The molecule has 0 nitrogen and oxygen atoms in total. The summed E-state index contributed by atoms with van der Waals surface area (Å²) in [7, 11) is 0. The number of allylic oxidation sites excluding steroid dienone is 3. The smallest absolute Gasteiger partial charge is 0.000468 e. The lowest BCUT2D eigenvalue weighted by Gasteiger charge is -2.29. The minimum absolute atomic E-state index is 0.511. The zero-order valence-corrected chi connectivity index (χ0v) is 10.7. The fraction of sp³-hybridized carbons (Fsp3) is 0.733. The molecule has 0 heteroatoms. The van der Waals surface area contributed by atoms with Gasteiger partial charge in [-0.2, -0.15) is 0 Å². The first-order valence-corrected chi connectivity index (χ1v) is 6.28. The van der Waals surface area contributed by atoms with E-state index in [1.54, 1.807) is 11.1 Å². The van der Waals surface area contributed by atoms with Crippen LogP contribution in [0.25, 0.3) is 0 Å². The molecule has 84 valence electrons. The third-order valence-corrected chi connectivity index (χ3v) is 4.25. The van der Waals surface area contributed by atoms with Crippen molar-refractivity contribution in [2.24, 2.45) is 17.3 Å². The van der Waals surface area contributed by atoms with E-state index in [2.05, 4.69) is 34.3 Å². The van der Waals surface area contributed by atoms with Crippen LogP contribution in [0.2, 0.25) is 0 Å². The first-order valence-electron chi connectivity index (χ1n) is 6.28. The fourth-order valence-electron chi connectivity index (χ4n) is 3.47. The van der Waals surface area contributed by atoms with E-state index in [-0.39, 0.29) is 0 Å². The van der Waals surface area contributed by atoms with Gasteiger partial charge < -0.3 is 0 Å². The summed E-state index contributed by atoms with van der Waals surface area (Å²) in [5.74, 6) is 1.54. The third kappa shape index (κ3) is 1.91. The van der Waals surface area contributed by atoms with E-state index in [1.807, 2.05) is 0 Å². The van der Waals surface area contributed by atoms with Gasteiger partial charge in [-0.15, -0.1) is 0 Å². The quantitative estimate of drug-likeness (QED) is 0.542. The monoisotopic (exact) mass is 204 g/mol. The van der Waals surface area contributed by atoms with Gasteiger partial charge in [0.05, 0.1) is 0 Å². The summed E-state index contributed by atoms with van der Waals surface area (Å²) in [6, 6.07) is 0. The molecule has 0 N–H and O–H groups in total. The Morgan fingerprint density at radius 1 is 1.20 bits per heavy atom. The van der Waals surface area contributed by atoms with Crippen molar-refractivity contribution >= 4 is 0 Å². The topological polar surface area (TPSA) is 0 Å². The van der Waals surface area contributed by atoms with Crippen LogP contribution < -0.4 is 0 Å². The van der Waals surface area contributed by atoms with E-state index in [4.69, 9.17) is 0 Å². The summed E-state index contributed by atoms with van der Waals surface area (Å²) in [4.78, 5) is 0. The highest BCUT2D eigenvalue weighted by Crippen LogP contribution is 2.52. The molecule has 0 aromatic heterocycles. The Morgan fingerprint density at radius 2 is 1.80 bits per heavy atom. The van der Waals surface area contributed by atoms with Crippen LogP contribution in [-0.2, 0) is 0 Å². The van der Waals surface area contributed by atoms with Crippen LogP contribution >= 0.6 is 0 Å². The summed E-state index contributed by atoms with van der Waals surface area (Å²) in [6.45, 7) is 13.6. The molecule has 0 aliphatic heterocycles. The minimum Gasteiger partial charge on any atom is -0.0995 e. The highest BCUT2D eigenvalue weighted by molar-refractivity contribution is 5.34. The molecule has 0 unspecified atom stereocenters. The maximum atomic E-state index is 4.18. The Balaban J connectivity index is 2.32. The molecule has 0 aromatic carbocycles. The summed E-state index contributed by atoms with van der Waals surface area (Å²) >= 11 is 0. The highest BCUT2D eigenvalue weighted by atomic mass is 14.4. The zero-order chi connectivity index (χ0) is 11.2. The minimum atomic E-state index is 0.511. The lowest BCUT2D eigenvalue weighted by atomic mass is 9.76. The van der Waals surface area contributed by atoms with Gasteiger partial charge in [-0.05, 0) is 43.9 Å². The molecule has 2 aliphatic carbocycles. The van der Waals surface area contributed by atoms with Gasteiger partial charge in [0.2, 0.25) is 0 Å². The van der Waals surface area contributed by atoms with Crippen molar-refractivity contribution in [2.75, 3.05) is 0 Å². The summed E-state index contributed by atoms with van der Waals surface area (Å²) < 4.78 is 0. The summed E-state index contributed by atoms with van der Waals surface area (Å²) in [5, 5.41) is 0. The molecule has 0 bridgehead atoms. The average molecular weight is 204 g/mol. The van der Waals surface area contributed by atoms with Crippen LogP contribution in [0.3, 0.4) is 0 Å². The Labute approximate surface area is 94.5 Å². The van der Waals surface area contributed by atoms with Gasteiger partial charge in [0, 0.05) is 5.92 Å². The van der Waals surface area contributed by atoms with E-state index in [1.165, 1.54) is 31.3 Å². The van der Waals surface area contributed by atoms with Gasteiger partial charge in [0.15, 0.2) is 0 Å². The molecular formula is C15H24. The lowest BCUT2D eigenvalue weighted by Crippen LogP contribution is -2.15. The molecule has 2 aliphatic rings. The Hall–Kier alpha value is -0.520. The molecule has 2 rings (SSSR count). The van der Waals surface area contributed by atoms with Crippen molar-refractivity contribution in [1.82, 2.24) is 0 Å². The highest BCUT2D eigenvalue weighted by Gasteiger charge is 2.38. The summed E-state index contributed by atoms with van der Waals surface area (Å²) in [6.07, 6.45) is 5.34. The third-order valence-electron chi connectivity index (χ3n) is 4.25. The van der Waals surface area contributed by atoms with Crippen LogP contribution in [-0.4, -0.2) is 0 Å². The Morgan fingerprint density at radius 3 is 2.40 bits per heavy atom. The standard InChI is InChI=1S/C15H24/c1-10(2)12-7-6-11(3)13-8-15(4,5)9-14(12)13/h11-12H,1,6-9H2,2-5H3/t11-,12-/m1/s1. The molecular weight excluding hydrogens is 180 g/mol. The molecule has 2 atom stereocenters. The predicted molar refractivity (Wildman–Crippen MR) is 66.7 cm³/mol. The van der Waals surface area contributed by atoms with E-state index >= 15 is 0 Å². The number of rotatable bonds is 1. The molecule has 0 saturated carbocycles. The van der Waals surface area contributed by atoms with E-state index in [9.17, 15) is 0 Å². The molecule has 0 amide bonds. The molecule has 0 aromatic rings. The van der Waals surface area contributed by atoms with Crippen molar-refractivity contribution in [1.29, 1.82) is 0 Å². The van der Waals surface area contributed by atoms with E-state index in [0.29, 0.717) is 11.3 Å². The predicted octanol–water partition coefficient (Wildman–Crippen LogP) is 4.73. The van der Waals surface area contributed by atoms with Gasteiger partial charge in [-0.1, -0.05) is 44.1 Å². The van der Waals surface area contributed by atoms with Gasteiger partial charge in [-0.25, -0.2) is 0 Å². The van der Waals surface area contributed by atoms with Crippen LogP contribution in [0.15, 0.2) is 23.3 Å². The van der Waals surface area contributed by atoms with Gasteiger partial charge in [0.25, 0.3) is 0 Å². The van der Waals surface area contributed by atoms with Crippen LogP contribution in [0, 0.1) is 17.3 Å². The fourth-order valence-corrected chi connectivity index (χ4v) is 3.47. The maximum absolute atomic E-state index is 4.18. The van der Waals surface area contributed by atoms with Crippen molar-refractivity contribution < 1.29 is 0 Å². The van der Waals surface area contributed by atoms with Gasteiger partial charge >= 0.3 is 0 Å². The first kappa shape index (κ1) is 11.0. The molecule has 0 heterocycles. The Bertz CT molecular complexity index is 317. The van der Waals surface area contributed by atoms with Crippen LogP contribution in [0.5, 0.6) is 0 Å². The normalized spacial score (nSPS) is 34.1. The Kier molecular flexibility index (Phi) is 2.56. The van der Waals surface area contributed by atoms with Crippen molar-refractivity contribution in [3.8, 4) is 0 Å². The average Bonchev–Trinajstić information content (AvgIpc) is 2.41. The van der Waals surface area contributed by atoms with Crippen molar-refractivity contribution in [3.05, 3.63) is 23.3 Å². The lowest BCUT2D eigenvalue weighted by molar-refractivity contribution is 0.380. The SMILES string of the molecule is C=C(C)[C@H]1CC[C@@H](C)C2=C1CC(C)(C)C2. The second-order valence-corrected chi connectivity index (χ2v) is 6.45. The van der Waals surface area contributed by atoms with Gasteiger partial charge in [-0.3, -0.25) is 0 Å². The molecule has 0 radical (unpaired) electrons. The second-order valence-electron chi connectivity index (χ2n) is 6.45. The first-order chi connectivity index (χ1) is 6.91. The molecule has 0 spiro atoms. The molecule has 0 fully saturated rings. The van der Waals surface area contributed by atoms with E-state index in [0.717, 1.165) is 5.92 Å². The largest absolute Gasteiger partial charge is 0.0995 e. The number of hydrogen-bond donors (Lipinski definition) is 0. The van der Waals surface area contributed by atoms with Gasteiger partial charge in [0.1, 0.15) is 0 Å². The maximum Gasteiger partial charge on any atom is 0.000468 e. The van der Waals surface area contributed by atoms with Crippen molar-refractivity contribution in [2.45, 2.75) is 53.4 Å².